The summed E-state index contributed by atoms with van der Waals surface area (Å²) in [6.07, 6.45) is 0.776. The highest BCUT2D eigenvalue weighted by atomic mass is 19.4. The Morgan fingerprint density at radius 1 is 1.04 bits per heavy atom. The lowest BCUT2D eigenvalue weighted by molar-refractivity contribution is -0.137. The van der Waals surface area contributed by atoms with Gasteiger partial charge in [0.2, 0.25) is 5.91 Å². The first-order chi connectivity index (χ1) is 12.8. The van der Waals surface area contributed by atoms with Crippen LogP contribution in [0.3, 0.4) is 0 Å². The summed E-state index contributed by atoms with van der Waals surface area (Å²) < 4.78 is 43.9. The highest BCUT2D eigenvalue weighted by Gasteiger charge is 2.30. The van der Waals surface area contributed by atoms with Crippen molar-refractivity contribution in [2.24, 2.45) is 5.73 Å². The molecule has 0 radical (unpaired) electrons. The number of carbonyl (C=O) groups excluding carboxylic acids is 1. The minimum Gasteiger partial charge on any atom is -0.494 e. The second-order valence-electron chi connectivity index (χ2n) is 5.79. The van der Waals surface area contributed by atoms with E-state index in [-0.39, 0.29) is 0 Å². The van der Waals surface area contributed by atoms with Crippen LogP contribution >= 0.6 is 0 Å². The minimum absolute atomic E-state index is 0.583. The molecule has 142 valence electrons. The SMILES string of the molecule is CCCOc1ccc(/C(=C/C=C/C(N)=O)c2ccc(C(F)(F)F)cc2)cc1. The van der Waals surface area contributed by atoms with E-state index in [1.807, 2.05) is 19.1 Å². The molecule has 0 aliphatic rings. The van der Waals surface area contributed by atoms with E-state index in [9.17, 15) is 18.0 Å². The molecule has 0 aromatic heterocycles. The van der Waals surface area contributed by atoms with Crippen molar-refractivity contribution in [2.75, 3.05) is 6.61 Å². The first-order valence-corrected chi connectivity index (χ1v) is 8.40. The van der Waals surface area contributed by atoms with Gasteiger partial charge in [0.25, 0.3) is 0 Å². The van der Waals surface area contributed by atoms with Crippen molar-refractivity contribution in [3.05, 3.63) is 83.4 Å². The Morgan fingerprint density at radius 2 is 1.59 bits per heavy atom. The minimum atomic E-state index is -4.40. The molecule has 0 saturated heterocycles. The molecule has 1 amide bonds. The number of halogens is 3. The summed E-state index contributed by atoms with van der Waals surface area (Å²) >= 11 is 0. The van der Waals surface area contributed by atoms with Gasteiger partial charge >= 0.3 is 6.18 Å². The van der Waals surface area contributed by atoms with Crippen LogP contribution in [0.2, 0.25) is 0 Å². The molecule has 0 saturated carbocycles. The van der Waals surface area contributed by atoms with Crippen LogP contribution in [0.5, 0.6) is 5.75 Å². The third-order valence-corrected chi connectivity index (χ3v) is 3.68. The predicted octanol–water partition coefficient (Wildman–Crippen LogP) is 4.97. The van der Waals surface area contributed by atoms with Gasteiger partial charge in [0.15, 0.2) is 0 Å². The molecule has 2 rings (SSSR count). The second-order valence-corrected chi connectivity index (χ2v) is 5.79. The molecule has 0 bridgehead atoms. The molecule has 2 aromatic rings. The summed E-state index contributed by atoms with van der Waals surface area (Å²) in [5.74, 6) is 0.0985. The van der Waals surface area contributed by atoms with Crippen LogP contribution in [0.4, 0.5) is 13.2 Å². The molecular weight excluding hydrogens is 355 g/mol. The van der Waals surface area contributed by atoms with Crippen LogP contribution < -0.4 is 10.5 Å². The zero-order valence-corrected chi connectivity index (χ0v) is 14.8. The van der Waals surface area contributed by atoms with Gasteiger partial charge in [-0.15, -0.1) is 0 Å². The number of carbonyl (C=O) groups is 1. The highest BCUT2D eigenvalue weighted by molar-refractivity contribution is 5.87. The Hall–Kier alpha value is -3.02. The topological polar surface area (TPSA) is 52.3 Å². The molecule has 2 aromatic carbocycles. The van der Waals surface area contributed by atoms with Crippen LogP contribution in [0.25, 0.3) is 5.57 Å². The second kappa shape index (κ2) is 9.07. The number of hydrogen-bond acceptors (Lipinski definition) is 2. The van der Waals surface area contributed by atoms with Crippen LogP contribution in [-0.4, -0.2) is 12.5 Å². The van der Waals surface area contributed by atoms with Gasteiger partial charge in [-0.1, -0.05) is 43.3 Å². The van der Waals surface area contributed by atoms with Crippen LogP contribution in [0.15, 0.2) is 66.8 Å². The van der Waals surface area contributed by atoms with Crippen molar-refractivity contribution in [1.29, 1.82) is 0 Å². The fourth-order valence-electron chi connectivity index (χ4n) is 2.39. The molecule has 0 aliphatic carbocycles. The molecule has 0 spiro atoms. The number of allylic oxidation sites excluding steroid dienone is 2. The Bertz CT molecular complexity index is 820. The van der Waals surface area contributed by atoms with Gasteiger partial charge in [0.05, 0.1) is 12.2 Å². The fraction of sp³-hybridized carbons (Fsp3) is 0.190. The van der Waals surface area contributed by atoms with Crippen LogP contribution in [0.1, 0.15) is 30.0 Å². The summed E-state index contributed by atoms with van der Waals surface area (Å²) in [5.41, 5.74) is 6.38. The van der Waals surface area contributed by atoms with E-state index in [2.05, 4.69) is 0 Å². The quantitative estimate of drug-likeness (QED) is 0.549. The lowest BCUT2D eigenvalue weighted by Crippen LogP contribution is -2.05. The smallest absolute Gasteiger partial charge is 0.416 e. The Kier molecular flexibility index (Phi) is 6.82. The Labute approximate surface area is 156 Å². The monoisotopic (exact) mass is 375 g/mol. The molecule has 0 unspecified atom stereocenters. The molecule has 27 heavy (non-hydrogen) atoms. The van der Waals surface area contributed by atoms with E-state index in [1.54, 1.807) is 18.2 Å². The largest absolute Gasteiger partial charge is 0.494 e. The zero-order valence-electron chi connectivity index (χ0n) is 14.8. The van der Waals surface area contributed by atoms with E-state index in [0.29, 0.717) is 23.5 Å². The van der Waals surface area contributed by atoms with Gasteiger partial charge in [0.1, 0.15) is 5.75 Å². The molecular formula is C21H20F3NO2. The van der Waals surface area contributed by atoms with Crippen molar-refractivity contribution in [3.63, 3.8) is 0 Å². The molecule has 0 fully saturated rings. The Morgan fingerprint density at radius 3 is 2.07 bits per heavy atom. The summed E-state index contributed by atoms with van der Waals surface area (Å²) in [7, 11) is 0. The van der Waals surface area contributed by atoms with E-state index in [1.165, 1.54) is 24.3 Å². The average molecular weight is 375 g/mol. The number of primary amides is 1. The third-order valence-electron chi connectivity index (χ3n) is 3.68. The van der Waals surface area contributed by atoms with Crippen molar-refractivity contribution >= 4 is 11.5 Å². The van der Waals surface area contributed by atoms with Gasteiger partial charge in [-0.05, 0) is 47.4 Å². The third kappa shape index (κ3) is 6.02. The summed E-state index contributed by atoms with van der Waals surface area (Å²) in [4.78, 5) is 10.9. The number of benzene rings is 2. The molecule has 2 N–H and O–H groups in total. The van der Waals surface area contributed by atoms with Gasteiger partial charge < -0.3 is 10.5 Å². The number of hydrogen-bond donors (Lipinski definition) is 1. The van der Waals surface area contributed by atoms with Crippen molar-refractivity contribution in [1.82, 2.24) is 0 Å². The maximum Gasteiger partial charge on any atom is 0.416 e. The standard InChI is InChI=1S/C21H20F3NO2/c1-2-14-27-18-12-8-16(9-13-18)19(4-3-5-20(25)26)15-6-10-17(11-7-15)21(22,23)24/h3-13H,2,14H2,1H3,(H2,25,26)/b5-3+,19-4+. The van der Waals surface area contributed by atoms with E-state index >= 15 is 0 Å². The van der Waals surface area contributed by atoms with Crippen LogP contribution in [-0.2, 0) is 11.0 Å². The number of alkyl halides is 3. The predicted molar refractivity (Wildman–Crippen MR) is 99.1 cm³/mol. The van der Waals surface area contributed by atoms with E-state index < -0.39 is 17.6 Å². The maximum atomic E-state index is 12.8. The molecule has 6 heteroatoms. The molecule has 0 aliphatic heterocycles. The first kappa shape index (κ1) is 20.3. The van der Waals surface area contributed by atoms with E-state index in [0.717, 1.165) is 24.1 Å². The van der Waals surface area contributed by atoms with Crippen LogP contribution in [0, 0.1) is 0 Å². The van der Waals surface area contributed by atoms with Gasteiger partial charge in [-0.25, -0.2) is 0 Å². The zero-order chi connectivity index (χ0) is 19.9. The maximum absolute atomic E-state index is 12.8. The summed E-state index contributed by atoms with van der Waals surface area (Å²) in [6, 6.07) is 12.1. The number of nitrogens with two attached hydrogens (primary N) is 1. The average Bonchev–Trinajstić information content (AvgIpc) is 2.63. The van der Waals surface area contributed by atoms with Crippen molar-refractivity contribution < 1.29 is 22.7 Å². The van der Waals surface area contributed by atoms with Gasteiger partial charge in [0, 0.05) is 6.08 Å². The van der Waals surface area contributed by atoms with Gasteiger partial charge in [-0.3, -0.25) is 4.79 Å². The van der Waals surface area contributed by atoms with Crippen molar-refractivity contribution in [3.8, 4) is 5.75 Å². The Balaban J connectivity index is 2.38. The van der Waals surface area contributed by atoms with E-state index in [4.69, 9.17) is 10.5 Å². The normalized spacial score (nSPS) is 12.4. The number of ether oxygens (including phenoxy) is 1. The lowest BCUT2D eigenvalue weighted by Gasteiger charge is -2.12. The highest BCUT2D eigenvalue weighted by Crippen LogP contribution is 2.31. The van der Waals surface area contributed by atoms with Crippen molar-refractivity contribution in [2.45, 2.75) is 19.5 Å². The first-order valence-electron chi connectivity index (χ1n) is 8.40. The molecule has 3 nitrogen and oxygen atoms in total. The fourth-order valence-corrected chi connectivity index (χ4v) is 2.39. The number of amides is 1. The lowest BCUT2D eigenvalue weighted by atomic mass is 9.96. The summed E-state index contributed by atoms with van der Waals surface area (Å²) in [5, 5.41) is 0. The molecule has 0 atom stereocenters. The number of rotatable bonds is 7. The van der Waals surface area contributed by atoms with Gasteiger partial charge in [-0.2, -0.15) is 13.2 Å². The summed E-state index contributed by atoms with van der Waals surface area (Å²) in [6.45, 7) is 2.60. The molecule has 0 heterocycles.